The Hall–Kier alpha value is -3.16. The van der Waals surface area contributed by atoms with Crippen molar-refractivity contribution in [2.75, 3.05) is 0 Å². The first-order chi connectivity index (χ1) is 9.66. The van der Waals surface area contributed by atoms with Gasteiger partial charge in [-0.3, -0.25) is 10.1 Å². The lowest BCUT2D eigenvalue weighted by molar-refractivity contribution is -0.384. The number of hydrogen-bond acceptors (Lipinski definition) is 7. The standard InChI is InChI=1S/C12H7N3O5/c16-8-6-9(19-7-4-2-1-3-5-7)10-11(14-20-13-10)12(8)15(17)18/h1-6,16H. The highest BCUT2D eigenvalue weighted by atomic mass is 16.6. The second kappa shape index (κ2) is 4.50. The van der Waals surface area contributed by atoms with Gasteiger partial charge in [-0.2, -0.15) is 0 Å². The second-order valence-electron chi connectivity index (χ2n) is 3.88. The van der Waals surface area contributed by atoms with E-state index in [1.807, 2.05) is 6.07 Å². The molecule has 0 radical (unpaired) electrons. The Bertz CT molecular complexity index is 784. The molecule has 0 spiro atoms. The summed E-state index contributed by atoms with van der Waals surface area (Å²) in [6, 6.07) is 9.83. The minimum absolute atomic E-state index is 0.0679. The molecule has 0 fully saturated rings. The number of phenols is 1. The fourth-order valence-corrected chi connectivity index (χ4v) is 1.76. The molecule has 20 heavy (non-hydrogen) atoms. The third kappa shape index (κ3) is 1.88. The number of hydrogen-bond donors (Lipinski definition) is 1. The monoisotopic (exact) mass is 273 g/mol. The molecule has 0 bridgehead atoms. The molecule has 2 aromatic carbocycles. The smallest absolute Gasteiger partial charge is 0.342 e. The van der Waals surface area contributed by atoms with Gasteiger partial charge in [0.1, 0.15) is 5.75 Å². The van der Waals surface area contributed by atoms with Crippen molar-refractivity contribution < 1.29 is 19.4 Å². The van der Waals surface area contributed by atoms with Gasteiger partial charge < -0.3 is 9.84 Å². The first-order valence-corrected chi connectivity index (χ1v) is 5.52. The SMILES string of the molecule is O=[N+]([O-])c1c(O)cc(Oc2ccccc2)c2nonc12. The van der Waals surface area contributed by atoms with Gasteiger partial charge in [0.15, 0.2) is 11.3 Å². The Kier molecular flexibility index (Phi) is 2.68. The van der Waals surface area contributed by atoms with Crippen LogP contribution in [0.15, 0.2) is 41.0 Å². The highest BCUT2D eigenvalue weighted by molar-refractivity contribution is 5.91. The molecule has 8 heteroatoms. The maximum Gasteiger partial charge on any atom is 0.342 e. The van der Waals surface area contributed by atoms with E-state index >= 15 is 0 Å². The summed E-state index contributed by atoms with van der Waals surface area (Å²) in [5, 5.41) is 27.6. The molecule has 3 rings (SSSR count). The van der Waals surface area contributed by atoms with Gasteiger partial charge in [0.05, 0.1) is 4.92 Å². The highest BCUT2D eigenvalue weighted by Crippen LogP contribution is 2.40. The molecule has 0 saturated carbocycles. The first-order valence-electron chi connectivity index (χ1n) is 5.52. The summed E-state index contributed by atoms with van der Waals surface area (Å²) < 4.78 is 10.0. The molecular weight excluding hydrogens is 266 g/mol. The van der Waals surface area contributed by atoms with Crippen LogP contribution in [-0.2, 0) is 0 Å². The van der Waals surface area contributed by atoms with E-state index in [1.54, 1.807) is 24.3 Å². The number of nitrogens with zero attached hydrogens (tertiary/aromatic N) is 3. The molecule has 0 amide bonds. The van der Waals surface area contributed by atoms with E-state index in [2.05, 4.69) is 14.9 Å². The summed E-state index contributed by atoms with van der Waals surface area (Å²) in [7, 11) is 0. The van der Waals surface area contributed by atoms with Crippen LogP contribution in [0, 0.1) is 10.1 Å². The zero-order chi connectivity index (χ0) is 14.1. The molecular formula is C12H7N3O5. The number of rotatable bonds is 3. The van der Waals surface area contributed by atoms with Crippen LogP contribution in [0.5, 0.6) is 17.2 Å². The largest absolute Gasteiger partial charge is 0.502 e. The van der Waals surface area contributed by atoms with Crippen molar-refractivity contribution in [3.05, 3.63) is 46.5 Å². The second-order valence-corrected chi connectivity index (χ2v) is 3.88. The van der Waals surface area contributed by atoms with Gasteiger partial charge in [0.25, 0.3) is 0 Å². The number of nitro groups is 1. The number of nitro benzene ring substituents is 1. The van der Waals surface area contributed by atoms with E-state index in [1.165, 1.54) is 0 Å². The van der Waals surface area contributed by atoms with E-state index in [0.717, 1.165) is 6.07 Å². The molecule has 8 nitrogen and oxygen atoms in total. The van der Waals surface area contributed by atoms with Crippen molar-refractivity contribution in [3.63, 3.8) is 0 Å². The van der Waals surface area contributed by atoms with Gasteiger partial charge in [-0.15, -0.1) is 0 Å². The first kappa shape index (κ1) is 11.9. The van der Waals surface area contributed by atoms with Gasteiger partial charge in [-0.1, -0.05) is 18.2 Å². The lowest BCUT2D eigenvalue weighted by atomic mass is 10.2. The van der Waals surface area contributed by atoms with Crippen molar-refractivity contribution >= 4 is 16.7 Å². The molecule has 1 heterocycles. The predicted molar refractivity (Wildman–Crippen MR) is 66.6 cm³/mol. The molecule has 3 aromatic rings. The van der Waals surface area contributed by atoms with Gasteiger partial charge >= 0.3 is 5.69 Å². The molecule has 1 N–H and O–H groups in total. The molecule has 0 aliphatic heterocycles. The van der Waals surface area contributed by atoms with Crippen LogP contribution in [0.1, 0.15) is 0 Å². The van der Waals surface area contributed by atoms with E-state index in [-0.39, 0.29) is 16.8 Å². The van der Waals surface area contributed by atoms with Crippen molar-refractivity contribution in [3.8, 4) is 17.2 Å². The summed E-state index contributed by atoms with van der Waals surface area (Å²) in [4.78, 5) is 10.1. The zero-order valence-corrected chi connectivity index (χ0v) is 9.89. The van der Waals surface area contributed by atoms with Gasteiger partial charge in [-0.25, -0.2) is 4.63 Å². The highest BCUT2D eigenvalue weighted by Gasteiger charge is 2.26. The van der Waals surface area contributed by atoms with Crippen LogP contribution in [0.2, 0.25) is 0 Å². The zero-order valence-electron chi connectivity index (χ0n) is 9.89. The van der Waals surface area contributed by atoms with Crippen LogP contribution in [0.4, 0.5) is 5.69 Å². The number of fused-ring (bicyclic) bond motifs is 1. The summed E-state index contributed by atoms with van der Waals surface area (Å²) in [6.45, 7) is 0. The maximum atomic E-state index is 10.9. The lowest BCUT2D eigenvalue weighted by Gasteiger charge is -2.06. The quantitative estimate of drug-likeness (QED) is 0.576. The molecule has 0 aliphatic rings. The Balaban J connectivity index is 2.16. The molecule has 0 saturated heterocycles. The van der Waals surface area contributed by atoms with E-state index in [9.17, 15) is 15.2 Å². The van der Waals surface area contributed by atoms with Crippen molar-refractivity contribution in [1.29, 1.82) is 0 Å². The lowest BCUT2D eigenvalue weighted by Crippen LogP contribution is -1.93. The Labute approximate surface area is 111 Å². The minimum atomic E-state index is -0.756. The third-order valence-corrected chi connectivity index (χ3v) is 2.61. The normalized spacial score (nSPS) is 10.6. The van der Waals surface area contributed by atoms with Crippen LogP contribution in [-0.4, -0.2) is 20.3 Å². The van der Waals surface area contributed by atoms with Gasteiger partial charge in [-0.05, 0) is 22.4 Å². The van der Waals surface area contributed by atoms with Crippen molar-refractivity contribution in [2.45, 2.75) is 0 Å². The number of benzene rings is 2. The van der Waals surface area contributed by atoms with E-state index in [4.69, 9.17) is 4.74 Å². The van der Waals surface area contributed by atoms with Crippen LogP contribution in [0.3, 0.4) is 0 Å². The number of ether oxygens (including phenoxy) is 1. The van der Waals surface area contributed by atoms with Crippen molar-refractivity contribution in [1.82, 2.24) is 10.3 Å². The Morgan fingerprint density at radius 2 is 1.90 bits per heavy atom. The fraction of sp³-hybridized carbons (Fsp3) is 0. The molecule has 100 valence electrons. The third-order valence-electron chi connectivity index (χ3n) is 2.61. The fourth-order valence-electron chi connectivity index (χ4n) is 1.76. The number of para-hydroxylation sites is 1. The average molecular weight is 273 g/mol. The number of aromatic hydroxyl groups is 1. The molecule has 0 unspecified atom stereocenters. The minimum Gasteiger partial charge on any atom is -0.502 e. The molecule has 0 aliphatic carbocycles. The summed E-state index contributed by atoms with van der Waals surface area (Å²) in [5.41, 5.74) is -0.666. The van der Waals surface area contributed by atoms with Crippen LogP contribution in [0.25, 0.3) is 11.0 Å². The summed E-state index contributed by atoms with van der Waals surface area (Å²) in [6.07, 6.45) is 0. The molecule has 0 atom stereocenters. The summed E-state index contributed by atoms with van der Waals surface area (Å²) in [5.74, 6) is 0.0461. The van der Waals surface area contributed by atoms with Gasteiger partial charge in [0.2, 0.25) is 11.3 Å². The van der Waals surface area contributed by atoms with Crippen LogP contribution < -0.4 is 4.74 Å². The average Bonchev–Trinajstić information content (AvgIpc) is 2.88. The van der Waals surface area contributed by atoms with E-state index < -0.39 is 16.4 Å². The topological polar surface area (TPSA) is 112 Å². The maximum absolute atomic E-state index is 10.9. The van der Waals surface area contributed by atoms with E-state index in [0.29, 0.717) is 5.75 Å². The van der Waals surface area contributed by atoms with Gasteiger partial charge in [0, 0.05) is 6.07 Å². The predicted octanol–water partition coefficient (Wildman–Crippen LogP) is 2.63. The Morgan fingerprint density at radius 3 is 2.60 bits per heavy atom. The van der Waals surface area contributed by atoms with Crippen molar-refractivity contribution in [2.24, 2.45) is 0 Å². The number of aromatic nitrogens is 2. The summed E-state index contributed by atoms with van der Waals surface area (Å²) >= 11 is 0. The number of phenolic OH excluding ortho intramolecular Hbond substituents is 1. The Morgan fingerprint density at radius 1 is 1.20 bits per heavy atom. The van der Waals surface area contributed by atoms with Crippen LogP contribution >= 0.6 is 0 Å². The molecule has 1 aromatic heterocycles.